The van der Waals surface area contributed by atoms with Crippen LogP contribution in [0.4, 0.5) is 5.69 Å². The predicted molar refractivity (Wildman–Crippen MR) is 129 cm³/mol. The fourth-order valence-electron chi connectivity index (χ4n) is 2.93. The van der Waals surface area contributed by atoms with E-state index in [0.29, 0.717) is 37.3 Å². The number of halogens is 2. The molecule has 30 heavy (non-hydrogen) atoms. The second-order valence-electron chi connectivity index (χ2n) is 6.45. The molecule has 0 N–H and O–H groups in total. The zero-order valence-electron chi connectivity index (χ0n) is 15.5. The van der Waals surface area contributed by atoms with Crippen LogP contribution in [-0.2, 0) is 11.4 Å². The summed E-state index contributed by atoms with van der Waals surface area (Å²) in [7, 11) is 0. The number of nitrogens with zero attached hydrogens (tertiary/aromatic N) is 1. The van der Waals surface area contributed by atoms with Crippen molar-refractivity contribution in [2.24, 2.45) is 0 Å². The average molecular weight is 472 g/mol. The zero-order valence-corrected chi connectivity index (χ0v) is 18.7. The number of amides is 1. The summed E-state index contributed by atoms with van der Waals surface area (Å²) in [5.74, 6) is 0.517. The first-order chi connectivity index (χ1) is 14.5. The molecule has 1 aliphatic rings. The molecule has 150 valence electrons. The fourth-order valence-corrected chi connectivity index (χ4v) is 4.60. The highest BCUT2D eigenvalue weighted by Crippen LogP contribution is 2.37. The van der Waals surface area contributed by atoms with Crippen molar-refractivity contribution in [3.05, 3.63) is 98.9 Å². The normalized spacial score (nSPS) is 15.1. The third-order valence-electron chi connectivity index (χ3n) is 4.37. The Morgan fingerprint density at radius 1 is 1.00 bits per heavy atom. The summed E-state index contributed by atoms with van der Waals surface area (Å²) >= 11 is 18.9. The van der Waals surface area contributed by atoms with E-state index in [1.807, 2.05) is 60.7 Å². The first-order valence-corrected chi connectivity index (χ1v) is 11.0. The smallest absolute Gasteiger partial charge is 0.270 e. The highest BCUT2D eigenvalue weighted by Gasteiger charge is 2.33. The van der Waals surface area contributed by atoms with Gasteiger partial charge in [0.15, 0.2) is 4.32 Å². The van der Waals surface area contributed by atoms with Crippen LogP contribution in [0.2, 0.25) is 10.0 Å². The molecule has 1 amide bonds. The van der Waals surface area contributed by atoms with Gasteiger partial charge in [-0.25, -0.2) is 0 Å². The minimum Gasteiger partial charge on any atom is -0.489 e. The minimum absolute atomic E-state index is 0.172. The molecule has 0 aromatic heterocycles. The molecule has 1 fully saturated rings. The number of thioether (sulfide) groups is 1. The number of benzene rings is 3. The van der Waals surface area contributed by atoms with Crippen molar-refractivity contribution in [3.8, 4) is 5.75 Å². The molecule has 1 saturated heterocycles. The van der Waals surface area contributed by atoms with E-state index in [-0.39, 0.29) is 5.91 Å². The van der Waals surface area contributed by atoms with E-state index in [1.54, 1.807) is 18.2 Å². The number of carbonyl (C=O) groups is 1. The molecule has 1 aliphatic heterocycles. The summed E-state index contributed by atoms with van der Waals surface area (Å²) in [6.45, 7) is 0.361. The molecule has 3 nitrogen and oxygen atoms in total. The van der Waals surface area contributed by atoms with E-state index in [2.05, 4.69) is 0 Å². The fraction of sp³-hybridized carbons (Fsp3) is 0.0435. The number of hydrogen-bond acceptors (Lipinski definition) is 4. The van der Waals surface area contributed by atoms with Crippen LogP contribution in [0.25, 0.3) is 6.08 Å². The number of carbonyl (C=O) groups excluding carboxylic acids is 1. The molecule has 1 heterocycles. The van der Waals surface area contributed by atoms with Crippen LogP contribution in [-0.4, -0.2) is 10.2 Å². The lowest BCUT2D eigenvalue weighted by molar-refractivity contribution is -0.113. The second-order valence-corrected chi connectivity index (χ2v) is 8.97. The number of hydrogen-bond donors (Lipinski definition) is 0. The predicted octanol–water partition coefficient (Wildman–Crippen LogP) is 6.98. The van der Waals surface area contributed by atoms with Crippen LogP contribution in [0.5, 0.6) is 5.75 Å². The molecule has 0 bridgehead atoms. The van der Waals surface area contributed by atoms with Gasteiger partial charge in [0.25, 0.3) is 5.91 Å². The van der Waals surface area contributed by atoms with Crippen LogP contribution in [0.1, 0.15) is 11.1 Å². The molecule has 3 aromatic rings. The van der Waals surface area contributed by atoms with Gasteiger partial charge in [-0.15, -0.1) is 0 Å². The lowest BCUT2D eigenvalue weighted by Crippen LogP contribution is -2.27. The van der Waals surface area contributed by atoms with E-state index in [1.165, 1.54) is 16.7 Å². The van der Waals surface area contributed by atoms with E-state index < -0.39 is 0 Å². The Morgan fingerprint density at radius 3 is 2.60 bits per heavy atom. The van der Waals surface area contributed by atoms with Gasteiger partial charge in [-0.3, -0.25) is 9.69 Å². The van der Waals surface area contributed by atoms with Crippen LogP contribution < -0.4 is 9.64 Å². The van der Waals surface area contributed by atoms with Gasteiger partial charge in [0.05, 0.1) is 10.6 Å². The Balaban J connectivity index is 1.52. The van der Waals surface area contributed by atoms with Crippen molar-refractivity contribution in [2.45, 2.75) is 6.61 Å². The van der Waals surface area contributed by atoms with Crippen molar-refractivity contribution in [3.63, 3.8) is 0 Å². The molecule has 0 radical (unpaired) electrons. The summed E-state index contributed by atoms with van der Waals surface area (Å²) in [6.07, 6.45) is 1.81. The molecule has 0 saturated carbocycles. The zero-order chi connectivity index (χ0) is 21.1. The summed E-state index contributed by atoms with van der Waals surface area (Å²) < 4.78 is 6.35. The minimum atomic E-state index is -0.172. The van der Waals surface area contributed by atoms with Crippen molar-refractivity contribution >= 4 is 69.2 Å². The average Bonchev–Trinajstić information content (AvgIpc) is 3.00. The molecule has 0 atom stereocenters. The van der Waals surface area contributed by atoms with Gasteiger partial charge >= 0.3 is 0 Å². The Labute approximate surface area is 194 Å². The lowest BCUT2D eigenvalue weighted by Gasteiger charge is -2.14. The van der Waals surface area contributed by atoms with Crippen LogP contribution in [0.3, 0.4) is 0 Å². The molecule has 4 rings (SSSR count). The van der Waals surface area contributed by atoms with Gasteiger partial charge in [0.1, 0.15) is 12.4 Å². The maximum atomic E-state index is 12.9. The third-order valence-corrected chi connectivity index (χ3v) is 6.27. The van der Waals surface area contributed by atoms with Gasteiger partial charge in [-0.2, -0.15) is 0 Å². The number of rotatable bonds is 5. The quantitative estimate of drug-likeness (QED) is 0.296. The van der Waals surface area contributed by atoms with Crippen LogP contribution in [0.15, 0.2) is 77.7 Å². The molecule has 7 heteroatoms. The summed E-state index contributed by atoms with van der Waals surface area (Å²) in [5.41, 5.74) is 2.41. The Kier molecular flexibility index (Phi) is 6.44. The van der Waals surface area contributed by atoms with Gasteiger partial charge in [0.2, 0.25) is 0 Å². The third kappa shape index (κ3) is 4.71. The number of thiocarbonyl (C=S) groups is 1. The van der Waals surface area contributed by atoms with Crippen molar-refractivity contribution < 1.29 is 9.53 Å². The highest BCUT2D eigenvalue weighted by atomic mass is 35.5. The topological polar surface area (TPSA) is 29.5 Å². The van der Waals surface area contributed by atoms with Crippen molar-refractivity contribution in [1.82, 2.24) is 0 Å². The Bertz CT molecular complexity index is 1160. The van der Waals surface area contributed by atoms with Crippen molar-refractivity contribution in [1.29, 1.82) is 0 Å². The standard InChI is InChI=1S/C23H15Cl2NO2S2/c24-17-7-4-8-18(13-17)26-22(27)21(30-23(26)29)12-15-5-3-9-19(11-15)28-14-16-6-1-2-10-20(16)25/h1-13H,14H2. The number of anilines is 1. The molecular weight excluding hydrogens is 457 g/mol. The molecular formula is C23H15Cl2NO2S2. The SMILES string of the molecule is O=C1C(=Cc2cccc(OCc3ccccc3Cl)c2)SC(=S)N1c1cccc(Cl)c1. The largest absolute Gasteiger partial charge is 0.489 e. The van der Waals surface area contributed by atoms with Crippen LogP contribution in [0, 0.1) is 0 Å². The van der Waals surface area contributed by atoms with Crippen molar-refractivity contribution in [2.75, 3.05) is 4.90 Å². The lowest BCUT2D eigenvalue weighted by atomic mass is 10.2. The monoisotopic (exact) mass is 471 g/mol. The Hall–Kier alpha value is -2.31. The summed E-state index contributed by atoms with van der Waals surface area (Å²) in [6, 6.07) is 22.2. The molecule has 0 unspecified atom stereocenters. The maximum Gasteiger partial charge on any atom is 0.270 e. The van der Waals surface area contributed by atoms with E-state index in [4.69, 9.17) is 40.2 Å². The second kappa shape index (κ2) is 9.23. The molecule has 0 spiro atoms. The maximum absolute atomic E-state index is 12.9. The first-order valence-electron chi connectivity index (χ1n) is 9.01. The summed E-state index contributed by atoms with van der Waals surface area (Å²) in [4.78, 5) is 15.0. The van der Waals surface area contributed by atoms with Gasteiger partial charge in [-0.05, 0) is 48.0 Å². The van der Waals surface area contributed by atoms with Gasteiger partial charge in [0, 0.05) is 15.6 Å². The molecule has 3 aromatic carbocycles. The van der Waals surface area contributed by atoms with Gasteiger partial charge < -0.3 is 4.74 Å². The van der Waals surface area contributed by atoms with Gasteiger partial charge in [-0.1, -0.05) is 83.6 Å². The first kappa shape index (κ1) is 20.9. The van der Waals surface area contributed by atoms with Crippen LogP contribution >= 0.6 is 47.2 Å². The van der Waals surface area contributed by atoms with E-state index >= 15 is 0 Å². The highest BCUT2D eigenvalue weighted by molar-refractivity contribution is 8.27. The number of ether oxygens (including phenoxy) is 1. The Morgan fingerprint density at radius 2 is 1.80 bits per heavy atom. The van der Waals surface area contributed by atoms with E-state index in [0.717, 1.165) is 11.1 Å². The molecule has 0 aliphatic carbocycles. The van der Waals surface area contributed by atoms with E-state index in [9.17, 15) is 4.79 Å². The summed E-state index contributed by atoms with van der Waals surface area (Å²) in [5, 5.41) is 1.22.